The number of hydrogen-bond donors (Lipinski definition) is 1. The van der Waals surface area contributed by atoms with Gasteiger partial charge in [-0.05, 0) is 33.2 Å². The highest BCUT2D eigenvalue weighted by atomic mass is 19.1. The molecule has 1 aromatic rings. The molecule has 0 aliphatic carbocycles. The Labute approximate surface area is 102 Å². The molecule has 4 nitrogen and oxygen atoms in total. The van der Waals surface area contributed by atoms with Crippen molar-refractivity contribution < 1.29 is 4.39 Å². The van der Waals surface area contributed by atoms with Gasteiger partial charge in [-0.1, -0.05) is 0 Å². The van der Waals surface area contributed by atoms with Gasteiger partial charge in [-0.2, -0.15) is 5.10 Å². The SMILES string of the molecule is CC(C)n1ncnc1CC(F)C1CCCNC1. The first-order valence-corrected chi connectivity index (χ1v) is 6.41. The van der Waals surface area contributed by atoms with Crippen LogP contribution in [-0.2, 0) is 6.42 Å². The van der Waals surface area contributed by atoms with E-state index in [-0.39, 0.29) is 12.0 Å². The van der Waals surface area contributed by atoms with Crippen LogP contribution < -0.4 is 5.32 Å². The van der Waals surface area contributed by atoms with Gasteiger partial charge < -0.3 is 5.32 Å². The molecule has 1 aliphatic rings. The third-order valence-electron chi connectivity index (χ3n) is 3.36. The Balaban J connectivity index is 1.97. The molecule has 96 valence electrons. The Bertz CT molecular complexity index is 344. The highest BCUT2D eigenvalue weighted by Crippen LogP contribution is 2.20. The van der Waals surface area contributed by atoms with E-state index in [2.05, 4.69) is 15.4 Å². The molecule has 0 bridgehead atoms. The van der Waals surface area contributed by atoms with E-state index in [1.807, 2.05) is 18.5 Å². The van der Waals surface area contributed by atoms with Gasteiger partial charge in [0.2, 0.25) is 0 Å². The van der Waals surface area contributed by atoms with Gasteiger partial charge in [-0.25, -0.2) is 14.1 Å². The lowest BCUT2D eigenvalue weighted by Crippen LogP contribution is -2.36. The predicted molar refractivity (Wildman–Crippen MR) is 64.6 cm³/mol. The second-order valence-corrected chi connectivity index (χ2v) is 5.04. The predicted octanol–water partition coefficient (Wildman–Crippen LogP) is 1.74. The maximum atomic E-state index is 14.2. The molecule has 0 spiro atoms. The molecule has 1 fully saturated rings. The smallest absolute Gasteiger partial charge is 0.138 e. The van der Waals surface area contributed by atoms with Gasteiger partial charge in [-0.3, -0.25) is 0 Å². The molecule has 2 atom stereocenters. The summed E-state index contributed by atoms with van der Waals surface area (Å²) in [5.41, 5.74) is 0. The third kappa shape index (κ3) is 3.03. The van der Waals surface area contributed by atoms with Crippen LogP contribution in [-0.4, -0.2) is 34.0 Å². The molecule has 2 rings (SSSR count). The zero-order chi connectivity index (χ0) is 12.3. The van der Waals surface area contributed by atoms with Crippen molar-refractivity contribution in [1.82, 2.24) is 20.1 Å². The summed E-state index contributed by atoms with van der Waals surface area (Å²) in [5, 5.41) is 7.39. The van der Waals surface area contributed by atoms with E-state index in [4.69, 9.17) is 0 Å². The minimum absolute atomic E-state index is 0.126. The average Bonchev–Trinajstić information content (AvgIpc) is 2.78. The van der Waals surface area contributed by atoms with Crippen LogP contribution in [0.4, 0.5) is 4.39 Å². The molecule has 5 heteroatoms. The van der Waals surface area contributed by atoms with E-state index in [1.165, 1.54) is 6.33 Å². The molecule has 0 radical (unpaired) electrons. The Kier molecular flexibility index (Phi) is 4.10. The number of hydrogen-bond acceptors (Lipinski definition) is 3. The van der Waals surface area contributed by atoms with Gasteiger partial charge in [0.15, 0.2) is 0 Å². The van der Waals surface area contributed by atoms with Crippen molar-refractivity contribution in [2.45, 2.75) is 45.3 Å². The Morgan fingerprint density at radius 1 is 1.59 bits per heavy atom. The molecular formula is C12H21FN4. The van der Waals surface area contributed by atoms with Crippen molar-refractivity contribution in [3.05, 3.63) is 12.2 Å². The fraction of sp³-hybridized carbons (Fsp3) is 0.833. The molecule has 1 aliphatic heterocycles. The van der Waals surface area contributed by atoms with Crippen LogP contribution >= 0.6 is 0 Å². The van der Waals surface area contributed by atoms with E-state index < -0.39 is 6.17 Å². The van der Waals surface area contributed by atoms with Gasteiger partial charge in [0.05, 0.1) is 0 Å². The van der Waals surface area contributed by atoms with Crippen LogP contribution in [0.1, 0.15) is 38.6 Å². The Hall–Kier alpha value is -0.970. The van der Waals surface area contributed by atoms with E-state index in [9.17, 15) is 4.39 Å². The van der Waals surface area contributed by atoms with E-state index in [0.29, 0.717) is 6.42 Å². The van der Waals surface area contributed by atoms with E-state index in [1.54, 1.807) is 0 Å². The van der Waals surface area contributed by atoms with Gasteiger partial charge in [0, 0.05) is 24.9 Å². The Morgan fingerprint density at radius 3 is 3.06 bits per heavy atom. The number of rotatable bonds is 4. The molecule has 0 saturated carbocycles. The van der Waals surface area contributed by atoms with Gasteiger partial charge in [-0.15, -0.1) is 0 Å². The average molecular weight is 240 g/mol. The zero-order valence-corrected chi connectivity index (χ0v) is 10.6. The molecule has 1 aromatic heterocycles. The summed E-state index contributed by atoms with van der Waals surface area (Å²) in [7, 11) is 0. The first-order valence-electron chi connectivity index (χ1n) is 6.41. The van der Waals surface area contributed by atoms with E-state index in [0.717, 1.165) is 31.8 Å². The van der Waals surface area contributed by atoms with Crippen molar-refractivity contribution in [2.75, 3.05) is 13.1 Å². The number of alkyl halides is 1. The third-order valence-corrected chi connectivity index (χ3v) is 3.36. The number of piperidine rings is 1. The van der Waals surface area contributed by atoms with Crippen LogP contribution in [0.15, 0.2) is 6.33 Å². The lowest BCUT2D eigenvalue weighted by atomic mass is 9.93. The normalized spacial score (nSPS) is 22.9. The first kappa shape index (κ1) is 12.5. The molecule has 17 heavy (non-hydrogen) atoms. The van der Waals surface area contributed by atoms with Crippen LogP contribution in [0.2, 0.25) is 0 Å². The summed E-state index contributed by atoms with van der Waals surface area (Å²) in [6.45, 7) is 5.88. The van der Waals surface area contributed by atoms with Crippen LogP contribution in [0, 0.1) is 5.92 Å². The standard InChI is InChI=1S/C12H21FN4/c1-9(2)17-12(15-8-16-17)6-11(13)10-4-3-5-14-7-10/h8-11,14H,3-7H2,1-2H3. The summed E-state index contributed by atoms with van der Waals surface area (Å²) in [6.07, 6.45) is 3.13. The van der Waals surface area contributed by atoms with Gasteiger partial charge in [0.25, 0.3) is 0 Å². The zero-order valence-electron chi connectivity index (χ0n) is 10.6. The fourth-order valence-electron chi connectivity index (χ4n) is 2.38. The van der Waals surface area contributed by atoms with Crippen molar-refractivity contribution >= 4 is 0 Å². The van der Waals surface area contributed by atoms with Crippen LogP contribution in [0.3, 0.4) is 0 Å². The summed E-state index contributed by atoms with van der Waals surface area (Å²) < 4.78 is 16.0. The lowest BCUT2D eigenvalue weighted by molar-refractivity contribution is 0.186. The topological polar surface area (TPSA) is 42.7 Å². The molecule has 2 heterocycles. The number of aromatic nitrogens is 3. The summed E-state index contributed by atoms with van der Waals surface area (Å²) in [5.74, 6) is 0.888. The first-order chi connectivity index (χ1) is 8.18. The highest BCUT2D eigenvalue weighted by molar-refractivity contribution is 4.92. The summed E-state index contributed by atoms with van der Waals surface area (Å²) in [4.78, 5) is 4.16. The maximum absolute atomic E-state index is 14.2. The summed E-state index contributed by atoms with van der Waals surface area (Å²) >= 11 is 0. The number of halogens is 1. The van der Waals surface area contributed by atoms with Crippen molar-refractivity contribution in [3.8, 4) is 0 Å². The van der Waals surface area contributed by atoms with Crippen molar-refractivity contribution in [2.24, 2.45) is 5.92 Å². The molecular weight excluding hydrogens is 219 g/mol. The summed E-state index contributed by atoms with van der Waals surface area (Å²) in [6, 6.07) is 0.240. The largest absolute Gasteiger partial charge is 0.316 e. The highest BCUT2D eigenvalue weighted by Gasteiger charge is 2.25. The molecule has 1 N–H and O–H groups in total. The van der Waals surface area contributed by atoms with E-state index >= 15 is 0 Å². The van der Waals surface area contributed by atoms with Crippen LogP contribution in [0.5, 0.6) is 0 Å². The van der Waals surface area contributed by atoms with Crippen molar-refractivity contribution in [1.29, 1.82) is 0 Å². The van der Waals surface area contributed by atoms with Crippen molar-refractivity contribution in [3.63, 3.8) is 0 Å². The molecule has 0 aromatic carbocycles. The lowest BCUT2D eigenvalue weighted by Gasteiger charge is -2.25. The monoisotopic (exact) mass is 240 g/mol. The maximum Gasteiger partial charge on any atom is 0.138 e. The fourth-order valence-corrected chi connectivity index (χ4v) is 2.38. The minimum atomic E-state index is -0.815. The number of nitrogens with zero attached hydrogens (tertiary/aromatic N) is 3. The second kappa shape index (κ2) is 5.58. The number of nitrogens with one attached hydrogen (secondary N) is 1. The molecule has 0 amide bonds. The quantitative estimate of drug-likeness (QED) is 0.871. The van der Waals surface area contributed by atoms with Gasteiger partial charge >= 0.3 is 0 Å². The van der Waals surface area contributed by atoms with Gasteiger partial charge in [0.1, 0.15) is 18.3 Å². The molecule has 1 saturated heterocycles. The Morgan fingerprint density at radius 2 is 2.41 bits per heavy atom. The van der Waals surface area contributed by atoms with Crippen LogP contribution in [0.25, 0.3) is 0 Å². The minimum Gasteiger partial charge on any atom is -0.316 e. The second-order valence-electron chi connectivity index (χ2n) is 5.04. The molecule has 2 unspecified atom stereocenters.